The van der Waals surface area contributed by atoms with Gasteiger partial charge in [0.25, 0.3) is 0 Å². The largest absolute Gasteiger partial charge is 0.415 e. The number of nitrogens with one attached hydrogen (secondary N) is 4. The summed E-state index contributed by atoms with van der Waals surface area (Å²) < 4.78 is 25.6. The van der Waals surface area contributed by atoms with Crippen LogP contribution in [-0.2, 0) is 17.9 Å². The van der Waals surface area contributed by atoms with E-state index in [-0.39, 0.29) is 13.1 Å². The second-order valence-electron chi connectivity index (χ2n) is 6.55. The summed E-state index contributed by atoms with van der Waals surface area (Å²) in [5.41, 5.74) is 7.78. The minimum Gasteiger partial charge on any atom is -0.410 e. The molecule has 0 spiro atoms. The first-order valence-corrected chi connectivity index (χ1v) is 10.3. The van der Waals surface area contributed by atoms with Gasteiger partial charge in [0.15, 0.2) is 5.82 Å². The number of allylic oxidation sites excluding steroid dienone is 1. The quantitative estimate of drug-likeness (QED) is 0.231. The van der Waals surface area contributed by atoms with Crippen molar-refractivity contribution in [2.45, 2.75) is 20.0 Å². The van der Waals surface area contributed by atoms with Crippen molar-refractivity contribution in [3.05, 3.63) is 65.1 Å². The minimum absolute atomic E-state index is 0.0815. The highest BCUT2D eigenvalue weighted by Gasteiger charge is 2.26. The second kappa shape index (κ2) is 12.3. The van der Waals surface area contributed by atoms with E-state index in [1.807, 2.05) is 0 Å². The molecule has 2 amide bonds. The molecule has 6 N–H and O–H groups in total. The Hall–Kier alpha value is -3.57. The van der Waals surface area contributed by atoms with Gasteiger partial charge in [-0.25, -0.2) is 13.9 Å². The van der Waals surface area contributed by atoms with Crippen molar-refractivity contribution < 1.29 is 18.7 Å². The molecule has 0 fully saturated rings. The maximum Gasteiger partial charge on any atom is 0.415 e. The third kappa shape index (κ3) is 6.72. The number of carbonyl (C=O) groups is 2. The number of rotatable bonds is 8. The first-order valence-electron chi connectivity index (χ1n) is 9.48. The lowest BCUT2D eigenvalue weighted by Crippen LogP contribution is -2.36. The van der Waals surface area contributed by atoms with Crippen molar-refractivity contribution in [3.63, 3.8) is 0 Å². The molecule has 170 valence electrons. The van der Waals surface area contributed by atoms with Gasteiger partial charge in [0.2, 0.25) is 6.41 Å². The number of benzene rings is 2. The van der Waals surface area contributed by atoms with E-state index in [1.54, 1.807) is 50.4 Å². The summed E-state index contributed by atoms with van der Waals surface area (Å²) in [4.78, 5) is 24.2. The van der Waals surface area contributed by atoms with Crippen LogP contribution in [0, 0.1) is 11.2 Å². The fourth-order valence-electron chi connectivity index (χ4n) is 2.63. The van der Waals surface area contributed by atoms with Crippen LogP contribution >= 0.6 is 12.1 Å². The zero-order valence-electron chi connectivity index (χ0n) is 17.6. The van der Waals surface area contributed by atoms with Crippen molar-refractivity contribution in [1.82, 2.24) is 9.62 Å². The molecule has 3 rings (SSSR count). The van der Waals surface area contributed by atoms with Crippen LogP contribution in [0.15, 0.2) is 48.2 Å². The van der Waals surface area contributed by atoms with Gasteiger partial charge in [0.1, 0.15) is 5.75 Å². The van der Waals surface area contributed by atoms with Crippen LogP contribution in [0.25, 0.3) is 0 Å². The predicted octanol–water partition coefficient (Wildman–Crippen LogP) is 3.60. The van der Waals surface area contributed by atoms with E-state index in [4.69, 9.17) is 15.9 Å². The number of fused-ring (bicyclic) bond motifs is 1. The molecule has 2 aromatic carbocycles. The van der Waals surface area contributed by atoms with Crippen molar-refractivity contribution in [1.29, 1.82) is 5.41 Å². The molecule has 32 heavy (non-hydrogen) atoms. The second-order valence-corrected chi connectivity index (χ2v) is 7.37. The number of anilines is 2. The Morgan fingerprint density at radius 3 is 2.78 bits per heavy atom. The van der Waals surface area contributed by atoms with Gasteiger partial charge in [0.05, 0.1) is 18.8 Å². The van der Waals surface area contributed by atoms with Crippen LogP contribution in [0.5, 0.6) is 5.75 Å². The van der Waals surface area contributed by atoms with Gasteiger partial charge in [0, 0.05) is 41.2 Å². The molecule has 1 aliphatic heterocycles. The lowest BCUT2D eigenvalue weighted by atomic mass is 10.1. The zero-order valence-corrected chi connectivity index (χ0v) is 18.5. The van der Waals surface area contributed by atoms with Crippen LogP contribution in [0.4, 0.5) is 20.6 Å². The maximum atomic E-state index is 14.6. The van der Waals surface area contributed by atoms with E-state index >= 15 is 0 Å². The van der Waals surface area contributed by atoms with E-state index < -0.39 is 11.9 Å². The highest BCUT2D eigenvalue weighted by molar-refractivity contribution is 7.98. The van der Waals surface area contributed by atoms with Gasteiger partial charge in [-0.05, 0) is 37.9 Å². The average molecular weight is 461 g/mol. The molecule has 0 radical (unpaired) electrons. The van der Waals surface area contributed by atoms with E-state index in [0.29, 0.717) is 29.1 Å². The first kappa shape index (κ1) is 24.7. The van der Waals surface area contributed by atoms with Crippen LogP contribution in [0.3, 0.4) is 0 Å². The minimum atomic E-state index is -0.567. The molecular weight excluding hydrogens is 435 g/mol. The Morgan fingerprint density at radius 1 is 1.38 bits per heavy atom. The molecule has 0 saturated heterocycles. The summed E-state index contributed by atoms with van der Waals surface area (Å²) in [5, 5.41) is 9.04. The topological polar surface area (TPSA) is 133 Å². The summed E-state index contributed by atoms with van der Waals surface area (Å²) >= 11 is 1.15. The molecule has 0 saturated carbocycles. The predicted molar refractivity (Wildman–Crippen MR) is 125 cm³/mol. The number of ether oxygens (including phenoxy) is 1. The highest BCUT2D eigenvalue weighted by atomic mass is 32.2. The monoisotopic (exact) mass is 460 g/mol. The van der Waals surface area contributed by atoms with Crippen molar-refractivity contribution in [3.8, 4) is 5.75 Å². The van der Waals surface area contributed by atoms with Crippen LogP contribution in [0.1, 0.15) is 18.1 Å². The molecule has 0 aliphatic carbocycles. The fourth-order valence-corrected chi connectivity index (χ4v) is 3.00. The van der Waals surface area contributed by atoms with Crippen LogP contribution in [0.2, 0.25) is 0 Å². The smallest absolute Gasteiger partial charge is 0.410 e. The Kier molecular flexibility index (Phi) is 9.51. The Bertz CT molecular complexity index is 1000. The number of nitrogens with zero attached hydrogens (tertiary/aromatic N) is 1. The first-order chi connectivity index (χ1) is 15.4. The Morgan fingerprint density at radius 2 is 2.16 bits per heavy atom. The lowest BCUT2D eigenvalue weighted by Gasteiger charge is -2.28. The molecule has 0 aromatic heterocycles. The summed E-state index contributed by atoms with van der Waals surface area (Å²) in [6, 6.07) is 10.0. The number of amides is 2. The van der Waals surface area contributed by atoms with Gasteiger partial charge in [-0.2, -0.15) is 0 Å². The molecule has 11 heteroatoms. The SMILES string of the molecule is C/C(C=N)=C/N.CNSNc1cccc(CN2Cc3ccc(NC=O)cc3OC2=O)c1F. The Labute approximate surface area is 190 Å². The Balaban J connectivity index is 0.000000534. The molecule has 0 unspecified atom stereocenters. The average Bonchev–Trinajstić information content (AvgIpc) is 2.80. The number of carbonyl (C=O) groups excluding carboxylic acids is 2. The van der Waals surface area contributed by atoms with E-state index in [2.05, 4.69) is 14.8 Å². The number of nitrogens with two attached hydrogens (primary N) is 1. The van der Waals surface area contributed by atoms with Crippen LogP contribution < -0.4 is 25.2 Å². The molecule has 2 aromatic rings. The third-order valence-electron chi connectivity index (χ3n) is 4.30. The van der Waals surface area contributed by atoms with Gasteiger partial charge < -0.3 is 25.9 Å². The van der Waals surface area contributed by atoms with Crippen molar-refractivity contribution in [2.24, 2.45) is 5.73 Å². The van der Waals surface area contributed by atoms with Crippen molar-refractivity contribution in [2.75, 3.05) is 17.1 Å². The van der Waals surface area contributed by atoms with Crippen molar-refractivity contribution >= 4 is 42.2 Å². The summed E-state index contributed by atoms with van der Waals surface area (Å²) in [5.74, 6) is -0.0289. The summed E-state index contributed by atoms with van der Waals surface area (Å²) in [6.07, 6.45) is 2.59. The number of hydrogen-bond donors (Lipinski definition) is 5. The normalized spacial score (nSPS) is 12.7. The lowest BCUT2D eigenvalue weighted by molar-refractivity contribution is -0.105. The molecule has 1 aliphatic rings. The van der Waals surface area contributed by atoms with Gasteiger partial charge >= 0.3 is 6.09 Å². The number of halogens is 1. The number of hydrogen-bond acceptors (Lipinski definition) is 8. The van der Waals surface area contributed by atoms with Gasteiger partial charge in [-0.1, -0.05) is 18.2 Å². The molecule has 9 nitrogen and oxygen atoms in total. The van der Waals surface area contributed by atoms with Gasteiger partial charge in [-0.3, -0.25) is 9.69 Å². The zero-order chi connectivity index (χ0) is 23.5. The standard InChI is InChI=1S/C17H17FN4O3S.C4H8N2/c1-19-26-21-14-4-2-3-12(16(14)18)9-22-8-11-5-6-13(20-10-23)7-15(11)25-17(22)24;1-4(2-5)3-6/h2-7,10,19,21H,8-9H2,1H3,(H,20,23);2-3,5H,6H2,1H3/b;4-3-,5-2?. The van der Waals surface area contributed by atoms with E-state index in [0.717, 1.165) is 23.3 Å². The van der Waals surface area contributed by atoms with E-state index in [1.165, 1.54) is 17.3 Å². The van der Waals surface area contributed by atoms with Crippen LogP contribution in [-0.4, -0.2) is 30.7 Å². The molecule has 0 bridgehead atoms. The third-order valence-corrected chi connectivity index (χ3v) is 4.83. The van der Waals surface area contributed by atoms with Gasteiger partial charge in [-0.15, -0.1) is 0 Å². The molecular formula is C21H25FN6O3S. The summed E-state index contributed by atoms with van der Waals surface area (Å²) in [7, 11) is 1.72. The highest BCUT2D eigenvalue weighted by Crippen LogP contribution is 2.30. The fraction of sp³-hybridized carbons (Fsp3) is 0.190. The molecule has 0 atom stereocenters. The van der Waals surface area contributed by atoms with E-state index in [9.17, 15) is 14.0 Å². The molecule has 1 heterocycles. The maximum absolute atomic E-state index is 14.6. The summed E-state index contributed by atoms with van der Waals surface area (Å²) in [6.45, 7) is 2.14.